The number of aliphatic carboxylic acids is 1. The molecule has 0 saturated carbocycles. The molecule has 0 aromatic heterocycles. The zero-order valence-corrected chi connectivity index (χ0v) is 15.6. The molecule has 2 rings (SSSR count). The molecule has 8 nitrogen and oxygen atoms in total. The molecule has 0 aliphatic carbocycles. The van der Waals surface area contributed by atoms with E-state index in [4.69, 9.17) is 10.2 Å². The zero-order chi connectivity index (χ0) is 22.7. The number of alkyl halides is 3. The maximum atomic E-state index is 13.2. The number of hydrogen-bond donors (Lipinski definition) is 4. The molecule has 1 atom stereocenters. The first kappa shape index (κ1) is 23.1. The van der Waals surface area contributed by atoms with Gasteiger partial charge in [0.15, 0.2) is 6.04 Å². The van der Waals surface area contributed by atoms with Crippen LogP contribution in [0.3, 0.4) is 0 Å². The van der Waals surface area contributed by atoms with E-state index in [1.165, 1.54) is 0 Å². The average molecular weight is 450 g/mol. The summed E-state index contributed by atoms with van der Waals surface area (Å²) in [5, 5.41) is 19.7. The van der Waals surface area contributed by atoms with Crippen molar-refractivity contribution < 1.29 is 45.8 Å². The van der Waals surface area contributed by atoms with E-state index in [-0.39, 0.29) is 11.6 Å². The van der Waals surface area contributed by atoms with Crippen LogP contribution in [0.2, 0.25) is 0 Å². The number of aliphatic hydroxyl groups excluding tert-OH is 1. The van der Waals surface area contributed by atoms with Crippen molar-refractivity contribution >= 4 is 27.6 Å². The van der Waals surface area contributed by atoms with Gasteiger partial charge in [-0.25, -0.2) is 17.6 Å². The summed E-state index contributed by atoms with van der Waals surface area (Å²) in [7, 11) is -4.53. The van der Waals surface area contributed by atoms with Crippen LogP contribution in [-0.4, -0.2) is 43.2 Å². The number of aliphatic hydroxyl groups is 1. The monoisotopic (exact) mass is 450 g/mol. The van der Waals surface area contributed by atoms with E-state index in [0.717, 1.165) is 24.3 Å². The minimum absolute atomic E-state index is 0.144. The molecule has 13 heteroatoms. The summed E-state index contributed by atoms with van der Waals surface area (Å²) >= 11 is 0. The van der Waals surface area contributed by atoms with E-state index < -0.39 is 62.7 Å². The molecule has 2 aromatic rings. The Hall–Kier alpha value is -3.19. The van der Waals surface area contributed by atoms with Gasteiger partial charge >= 0.3 is 12.1 Å². The molecule has 0 aliphatic rings. The Morgan fingerprint density at radius 1 is 1.07 bits per heavy atom. The lowest BCUT2D eigenvalue weighted by atomic mass is 10.2. The summed E-state index contributed by atoms with van der Waals surface area (Å²) in [5.41, 5.74) is -2.57. The number of anilines is 1. The average Bonchev–Trinajstić information content (AvgIpc) is 2.66. The van der Waals surface area contributed by atoms with Crippen molar-refractivity contribution in [2.45, 2.75) is 17.1 Å². The minimum atomic E-state index is -5.02. The van der Waals surface area contributed by atoms with Gasteiger partial charge in [-0.15, -0.1) is 0 Å². The first-order valence-electron chi connectivity index (χ1n) is 7.99. The highest BCUT2D eigenvalue weighted by atomic mass is 32.2. The van der Waals surface area contributed by atoms with Gasteiger partial charge in [-0.3, -0.25) is 9.52 Å². The molecule has 162 valence electrons. The van der Waals surface area contributed by atoms with Gasteiger partial charge in [0.2, 0.25) is 0 Å². The van der Waals surface area contributed by atoms with Crippen molar-refractivity contribution in [2.75, 3.05) is 11.3 Å². The summed E-state index contributed by atoms with van der Waals surface area (Å²) in [5.74, 6) is -3.62. The Bertz CT molecular complexity index is 1050. The predicted molar refractivity (Wildman–Crippen MR) is 94.6 cm³/mol. The first-order valence-corrected chi connectivity index (χ1v) is 9.47. The maximum Gasteiger partial charge on any atom is 0.418 e. The van der Waals surface area contributed by atoms with Crippen molar-refractivity contribution in [3.8, 4) is 0 Å². The van der Waals surface area contributed by atoms with Crippen LogP contribution >= 0.6 is 0 Å². The minimum Gasteiger partial charge on any atom is -0.480 e. The Labute approximate surface area is 167 Å². The van der Waals surface area contributed by atoms with Gasteiger partial charge in [0.1, 0.15) is 5.82 Å². The summed E-state index contributed by atoms with van der Waals surface area (Å²) in [6.07, 6.45) is -5.02. The number of benzene rings is 2. The number of rotatable bonds is 7. The summed E-state index contributed by atoms with van der Waals surface area (Å²) in [6, 6.07) is 3.64. The third-order valence-electron chi connectivity index (χ3n) is 3.74. The van der Waals surface area contributed by atoms with Gasteiger partial charge < -0.3 is 15.5 Å². The summed E-state index contributed by atoms with van der Waals surface area (Å²) < 4.78 is 78.7. The van der Waals surface area contributed by atoms with E-state index in [9.17, 15) is 35.6 Å². The van der Waals surface area contributed by atoms with Crippen LogP contribution in [0.4, 0.5) is 23.2 Å². The number of carboxylic acid groups (broad SMARTS) is 1. The van der Waals surface area contributed by atoms with Crippen molar-refractivity contribution in [3.63, 3.8) is 0 Å². The van der Waals surface area contributed by atoms with Crippen LogP contribution in [-0.2, 0) is 21.0 Å². The molecule has 0 spiro atoms. The Morgan fingerprint density at radius 2 is 1.67 bits per heavy atom. The predicted octanol–water partition coefficient (Wildman–Crippen LogP) is 1.82. The van der Waals surface area contributed by atoms with Crippen molar-refractivity contribution in [3.05, 3.63) is 59.4 Å². The Kier molecular flexibility index (Phi) is 6.67. The lowest BCUT2D eigenvalue weighted by Crippen LogP contribution is -2.43. The maximum absolute atomic E-state index is 13.2. The highest BCUT2D eigenvalue weighted by molar-refractivity contribution is 7.92. The molecule has 0 aliphatic heterocycles. The van der Waals surface area contributed by atoms with Crippen LogP contribution in [0.1, 0.15) is 15.9 Å². The van der Waals surface area contributed by atoms with Gasteiger partial charge in [-0.05, 0) is 42.5 Å². The first-order chi connectivity index (χ1) is 13.8. The second-order valence-corrected chi connectivity index (χ2v) is 7.55. The standard InChI is InChI=1S/C17H14F4N2O6S/c18-10-3-6-13(12(7-10)17(19,20)21)23-30(28,29)11-4-1-9(2-5-11)15(25)22-14(8-24)16(26)27/h1-7,14,23-24H,8H2,(H,22,25)(H,26,27). The zero-order valence-electron chi connectivity index (χ0n) is 14.8. The molecule has 4 N–H and O–H groups in total. The molecule has 1 amide bonds. The fourth-order valence-corrected chi connectivity index (χ4v) is 3.34. The summed E-state index contributed by atoms with van der Waals surface area (Å²) in [6.45, 7) is -0.878. The molecule has 0 heterocycles. The van der Waals surface area contributed by atoms with Gasteiger partial charge in [-0.1, -0.05) is 0 Å². The molecule has 30 heavy (non-hydrogen) atoms. The number of carbonyl (C=O) groups is 2. The van der Waals surface area contributed by atoms with E-state index in [0.29, 0.717) is 12.1 Å². The van der Waals surface area contributed by atoms with Gasteiger partial charge in [-0.2, -0.15) is 13.2 Å². The van der Waals surface area contributed by atoms with E-state index >= 15 is 0 Å². The van der Waals surface area contributed by atoms with Crippen LogP contribution < -0.4 is 10.0 Å². The molecular formula is C17H14F4N2O6S. The number of carboxylic acids is 1. The van der Waals surface area contributed by atoms with Crippen LogP contribution in [0.25, 0.3) is 0 Å². The highest BCUT2D eigenvalue weighted by Crippen LogP contribution is 2.36. The highest BCUT2D eigenvalue weighted by Gasteiger charge is 2.35. The second kappa shape index (κ2) is 8.67. The summed E-state index contributed by atoms with van der Waals surface area (Å²) in [4.78, 5) is 22.2. The van der Waals surface area contributed by atoms with Gasteiger partial charge in [0.05, 0.1) is 22.8 Å². The van der Waals surface area contributed by atoms with E-state index in [1.807, 2.05) is 5.32 Å². The molecule has 2 aromatic carbocycles. The fraction of sp³-hybridized carbons (Fsp3) is 0.176. The normalized spacial score (nSPS) is 12.8. The second-order valence-electron chi connectivity index (χ2n) is 5.86. The van der Waals surface area contributed by atoms with Crippen LogP contribution in [0.15, 0.2) is 47.4 Å². The van der Waals surface area contributed by atoms with Gasteiger partial charge in [0, 0.05) is 5.56 Å². The van der Waals surface area contributed by atoms with Crippen molar-refractivity contribution in [1.82, 2.24) is 5.32 Å². The molecule has 0 radical (unpaired) electrons. The molecule has 0 fully saturated rings. The van der Waals surface area contributed by atoms with Crippen molar-refractivity contribution in [2.24, 2.45) is 0 Å². The number of hydrogen-bond acceptors (Lipinski definition) is 5. The number of sulfonamides is 1. The van der Waals surface area contributed by atoms with E-state index in [1.54, 1.807) is 4.72 Å². The fourth-order valence-electron chi connectivity index (χ4n) is 2.26. The quantitative estimate of drug-likeness (QED) is 0.476. The largest absolute Gasteiger partial charge is 0.480 e. The number of halogens is 4. The number of carbonyl (C=O) groups excluding carboxylic acids is 1. The third kappa shape index (κ3) is 5.45. The number of nitrogens with one attached hydrogen (secondary N) is 2. The lowest BCUT2D eigenvalue weighted by molar-refractivity contribution is -0.140. The Balaban J connectivity index is 2.26. The van der Waals surface area contributed by atoms with Crippen LogP contribution in [0, 0.1) is 5.82 Å². The molecular weight excluding hydrogens is 436 g/mol. The van der Waals surface area contributed by atoms with Crippen LogP contribution in [0.5, 0.6) is 0 Å². The Morgan fingerprint density at radius 3 is 2.17 bits per heavy atom. The van der Waals surface area contributed by atoms with Gasteiger partial charge in [0.25, 0.3) is 15.9 Å². The smallest absolute Gasteiger partial charge is 0.418 e. The topological polar surface area (TPSA) is 133 Å². The number of amides is 1. The third-order valence-corrected chi connectivity index (χ3v) is 5.13. The molecule has 0 saturated heterocycles. The lowest BCUT2D eigenvalue weighted by Gasteiger charge is -2.15. The SMILES string of the molecule is O=C(NC(CO)C(=O)O)c1ccc(S(=O)(=O)Nc2ccc(F)cc2C(F)(F)F)cc1. The van der Waals surface area contributed by atoms with E-state index in [2.05, 4.69) is 0 Å². The van der Waals surface area contributed by atoms with Crippen molar-refractivity contribution in [1.29, 1.82) is 0 Å². The molecule has 1 unspecified atom stereocenters. The molecule has 0 bridgehead atoms.